The zero-order chi connectivity index (χ0) is 15.5. The first-order valence-electron chi connectivity index (χ1n) is 7.13. The molecule has 1 N–H and O–H groups in total. The van der Waals surface area contributed by atoms with Crippen LogP contribution in [0.5, 0.6) is 11.5 Å². The smallest absolute Gasteiger partial charge is 0.231 e. The highest BCUT2D eigenvalue weighted by Crippen LogP contribution is 2.39. The fraction of sp³-hybridized carbons (Fsp3) is 0.375. The van der Waals surface area contributed by atoms with Gasteiger partial charge in [0.15, 0.2) is 11.5 Å². The highest BCUT2D eigenvalue weighted by molar-refractivity contribution is 9.10. The molecule has 0 saturated heterocycles. The number of hydrogen-bond acceptors (Lipinski definition) is 5. The SMILES string of the molecule is CN(C)C(CNCc1cc(Br)c2c(c1)OCO2)c1ccco1. The number of hydrogen-bond donors (Lipinski definition) is 1. The van der Waals surface area contributed by atoms with Gasteiger partial charge in [0.1, 0.15) is 5.76 Å². The molecule has 2 aromatic rings. The molecule has 1 aromatic carbocycles. The molecular weight excluding hydrogens is 348 g/mol. The Morgan fingerprint density at radius 2 is 2.18 bits per heavy atom. The van der Waals surface area contributed by atoms with Crippen LogP contribution in [0.3, 0.4) is 0 Å². The number of nitrogens with zero attached hydrogens (tertiary/aromatic N) is 1. The standard InChI is InChI=1S/C16H19BrN2O3/c1-19(2)13(14-4-3-5-20-14)9-18-8-11-6-12(17)16-15(7-11)21-10-22-16/h3-7,13,18H,8-10H2,1-2H3. The molecule has 0 radical (unpaired) electrons. The summed E-state index contributed by atoms with van der Waals surface area (Å²) in [6.07, 6.45) is 1.71. The van der Waals surface area contributed by atoms with Gasteiger partial charge in [-0.25, -0.2) is 0 Å². The maximum Gasteiger partial charge on any atom is 0.231 e. The first kappa shape index (κ1) is 15.4. The van der Waals surface area contributed by atoms with Gasteiger partial charge in [-0.3, -0.25) is 4.90 Å². The molecule has 5 nitrogen and oxygen atoms in total. The molecule has 1 aromatic heterocycles. The van der Waals surface area contributed by atoms with Gasteiger partial charge in [-0.15, -0.1) is 0 Å². The van der Waals surface area contributed by atoms with Crippen molar-refractivity contribution in [1.82, 2.24) is 10.2 Å². The normalized spacial score (nSPS) is 14.5. The van der Waals surface area contributed by atoms with Crippen molar-refractivity contribution in [1.29, 1.82) is 0 Å². The van der Waals surface area contributed by atoms with Crippen LogP contribution in [0, 0.1) is 0 Å². The summed E-state index contributed by atoms with van der Waals surface area (Å²) in [4.78, 5) is 2.14. The van der Waals surface area contributed by atoms with E-state index < -0.39 is 0 Å². The maximum atomic E-state index is 5.51. The summed E-state index contributed by atoms with van der Waals surface area (Å²) in [6.45, 7) is 1.83. The zero-order valence-electron chi connectivity index (χ0n) is 12.6. The number of rotatable bonds is 6. The highest BCUT2D eigenvalue weighted by Gasteiger charge is 2.19. The summed E-state index contributed by atoms with van der Waals surface area (Å²) in [5.74, 6) is 2.54. The van der Waals surface area contributed by atoms with E-state index in [-0.39, 0.29) is 12.8 Å². The van der Waals surface area contributed by atoms with E-state index in [1.54, 1.807) is 6.26 Å². The highest BCUT2D eigenvalue weighted by atomic mass is 79.9. The molecule has 0 aliphatic carbocycles. The van der Waals surface area contributed by atoms with Gasteiger partial charge in [0.05, 0.1) is 16.8 Å². The quantitative estimate of drug-likeness (QED) is 0.850. The molecule has 118 valence electrons. The van der Waals surface area contributed by atoms with Gasteiger partial charge in [0, 0.05) is 13.1 Å². The van der Waals surface area contributed by atoms with Crippen LogP contribution in [-0.4, -0.2) is 32.3 Å². The van der Waals surface area contributed by atoms with E-state index in [0.717, 1.165) is 40.4 Å². The molecule has 0 spiro atoms. The van der Waals surface area contributed by atoms with Crippen molar-refractivity contribution >= 4 is 15.9 Å². The van der Waals surface area contributed by atoms with Crippen molar-refractivity contribution in [2.45, 2.75) is 12.6 Å². The minimum absolute atomic E-state index is 0.201. The molecule has 1 aliphatic heterocycles. The number of furan rings is 1. The number of benzene rings is 1. The number of likely N-dealkylation sites (N-methyl/N-ethyl adjacent to an activating group) is 1. The largest absolute Gasteiger partial charge is 0.468 e. The Balaban J connectivity index is 1.62. The van der Waals surface area contributed by atoms with Crippen LogP contribution in [0.4, 0.5) is 0 Å². The third kappa shape index (κ3) is 3.29. The Bertz CT molecular complexity index is 629. The summed E-state index contributed by atoms with van der Waals surface area (Å²) in [7, 11) is 4.10. The number of ether oxygens (including phenoxy) is 2. The first-order chi connectivity index (χ1) is 10.6. The van der Waals surface area contributed by atoms with Gasteiger partial charge in [-0.05, 0) is 59.9 Å². The zero-order valence-corrected chi connectivity index (χ0v) is 14.2. The van der Waals surface area contributed by atoms with Gasteiger partial charge in [-0.2, -0.15) is 0 Å². The molecule has 1 unspecified atom stereocenters. The van der Waals surface area contributed by atoms with Gasteiger partial charge in [0.2, 0.25) is 6.79 Å². The Morgan fingerprint density at radius 1 is 1.32 bits per heavy atom. The third-order valence-electron chi connectivity index (χ3n) is 3.65. The predicted octanol–water partition coefficient (Wildman–Crippen LogP) is 3.16. The monoisotopic (exact) mass is 366 g/mol. The van der Waals surface area contributed by atoms with E-state index in [1.165, 1.54) is 0 Å². The molecule has 22 heavy (non-hydrogen) atoms. The van der Waals surface area contributed by atoms with E-state index in [0.29, 0.717) is 0 Å². The molecule has 1 atom stereocenters. The average Bonchev–Trinajstić information content (AvgIpc) is 3.14. The fourth-order valence-electron chi connectivity index (χ4n) is 2.49. The van der Waals surface area contributed by atoms with Crippen LogP contribution in [0.15, 0.2) is 39.4 Å². The van der Waals surface area contributed by atoms with Gasteiger partial charge in [-0.1, -0.05) is 0 Å². The molecule has 0 amide bonds. The van der Waals surface area contributed by atoms with Crippen LogP contribution >= 0.6 is 15.9 Å². The van der Waals surface area contributed by atoms with Crippen LogP contribution < -0.4 is 14.8 Å². The molecule has 0 saturated carbocycles. The van der Waals surface area contributed by atoms with E-state index in [9.17, 15) is 0 Å². The lowest BCUT2D eigenvalue weighted by Gasteiger charge is -2.22. The van der Waals surface area contributed by atoms with Gasteiger partial charge >= 0.3 is 0 Å². The molecule has 1 aliphatic rings. The van der Waals surface area contributed by atoms with E-state index in [4.69, 9.17) is 13.9 Å². The summed E-state index contributed by atoms with van der Waals surface area (Å²) >= 11 is 3.52. The van der Waals surface area contributed by atoms with Crippen molar-refractivity contribution < 1.29 is 13.9 Å². The summed E-state index contributed by atoms with van der Waals surface area (Å²) in [6, 6.07) is 8.19. The Labute approximate surface area is 138 Å². The van der Waals surface area contributed by atoms with E-state index >= 15 is 0 Å². The first-order valence-corrected chi connectivity index (χ1v) is 7.93. The summed E-state index contributed by atoms with van der Waals surface area (Å²) in [5, 5.41) is 3.47. The summed E-state index contributed by atoms with van der Waals surface area (Å²) in [5.41, 5.74) is 1.15. The third-order valence-corrected chi connectivity index (χ3v) is 4.24. The molecule has 6 heteroatoms. The lowest BCUT2D eigenvalue weighted by atomic mass is 10.1. The minimum atomic E-state index is 0.201. The van der Waals surface area contributed by atoms with Crippen molar-refractivity contribution in [3.05, 3.63) is 46.3 Å². The van der Waals surface area contributed by atoms with Crippen molar-refractivity contribution in [3.8, 4) is 11.5 Å². The minimum Gasteiger partial charge on any atom is -0.468 e. The number of nitrogens with one attached hydrogen (secondary N) is 1. The van der Waals surface area contributed by atoms with Gasteiger partial charge in [0.25, 0.3) is 0 Å². The lowest BCUT2D eigenvalue weighted by Crippen LogP contribution is -2.30. The van der Waals surface area contributed by atoms with E-state index in [1.807, 2.05) is 32.3 Å². The average molecular weight is 367 g/mol. The van der Waals surface area contributed by atoms with Crippen molar-refractivity contribution in [3.63, 3.8) is 0 Å². The fourth-order valence-corrected chi connectivity index (χ4v) is 3.10. The Morgan fingerprint density at radius 3 is 2.91 bits per heavy atom. The predicted molar refractivity (Wildman–Crippen MR) is 87.1 cm³/mol. The van der Waals surface area contributed by atoms with E-state index in [2.05, 4.69) is 32.2 Å². The second-order valence-electron chi connectivity index (χ2n) is 5.44. The van der Waals surface area contributed by atoms with Crippen molar-refractivity contribution in [2.75, 3.05) is 27.4 Å². The Kier molecular flexibility index (Phi) is 4.71. The molecule has 3 rings (SSSR count). The lowest BCUT2D eigenvalue weighted by molar-refractivity contribution is 0.173. The molecule has 0 fully saturated rings. The maximum absolute atomic E-state index is 5.51. The Hall–Kier alpha value is -1.50. The second kappa shape index (κ2) is 6.73. The topological polar surface area (TPSA) is 46.9 Å². The van der Waals surface area contributed by atoms with Gasteiger partial charge < -0.3 is 19.2 Å². The number of fused-ring (bicyclic) bond motifs is 1. The molecular formula is C16H19BrN2O3. The van der Waals surface area contributed by atoms with Crippen LogP contribution in [0.25, 0.3) is 0 Å². The van der Waals surface area contributed by atoms with Crippen LogP contribution in [-0.2, 0) is 6.54 Å². The molecule has 2 heterocycles. The van der Waals surface area contributed by atoms with Crippen LogP contribution in [0.1, 0.15) is 17.4 Å². The molecule has 0 bridgehead atoms. The second-order valence-corrected chi connectivity index (χ2v) is 6.29. The summed E-state index contributed by atoms with van der Waals surface area (Å²) < 4.78 is 17.3. The van der Waals surface area contributed by atoms with Crippen LogP contribution in [0.2, 0.25) is 0 Å². The number of halogens is 1. The van der Waals surface area contributed by atoms with Crippen molar-refractivity contribution in [2.24, 2.45) is 0 Å².